The van der Waals surface area contributed by atoms with Gasteiger partial charge in [0, 0.05) is 17.8 Å². The SMILES string of the molecule is Cc1ccc(Oc2ccc(C(F)(F)F)cc2CN)cn1. The van der Waals surface area contributed by atoms with Gasteiger partial charge in [-0.15, -0.1) is 0 Å². The molecule has 2 aromatic rings. The van der Waals surface area contributed by atoms with Crippen LogP contribution in [0.4, 0.5) is 13.2 Å². The number of ether oxygens (including phenoxy) is 1. The van der Waals surface area contributed by atoms with Crippen LogP contribution < -0.4 is 10.5 Å². The Hall–Kier alpha value is -2.08. The third-order valence-corrected chi connectivity index (χ3v) is 2.72. The fourth-order valence-corrected chi connectivity index (χ4v) is 1.66. The van der Waals surface area contributed by atoms with Crippen LogP contribution in [-0.2, 0) is 12.7 Å². The molecule has 2 rings (SSSR count). The van der Waals surface area contributed by atoms with Gasteiger partial charge in [-0.25, -0.2) is 0 Å². The smallest absolute Gasteiger partial charge is 0.416 e. The van der Waals surface area contributed by atoms with Gasteiger partial charge >= 0.3 is 6.18 Å². The van der Waals surface area contributed by atoms with Gasteiger partial charge < -0.3 is 10.5 Å². The van der Waals surface area contributed by atoms with E-state index in [1.807, 2.05) is 6.92 Å². The summed E-state index contributed by atoms with van der Waals surface area (Å²) in [5.41, 5.74) is 5.85. The molecule has 0 aliphatic carbocycles. The summed E-state index contributed by atoms with van der Waals surface area (Å²) >= 11 is 0. The minimum absolute atomic E-state index is 0.0431. The van der Waals surface area contributed by atoms with Gasteiger partial charge in [0.25, 0.3) is 0 Å². The minimum Gasteiger partial charge on any atom is -0.455 e. The van der Waals surface area contributed by atoms with Crippen LogP contribution in [0.3, 0.4) is 0 Å². The van der Waals surface area contributed by atoms with Gasteiger partial charge in [0.15, 0.2) is 0 Å². The number of halogens is 3. The monoisotopic (exact) mass is 282 g/mol. The van der Waals surface area contributed by atoms with Gasteiger partial charge in [-0.3, -0.25) is 4.98 Å². The van der Waals surface area contributed by atoms with Crippen LogP contribution in [-0.4, -0.2) is 4.98 Å². The third kappa shape index (κ3) is 3.27. The summed E-state index contributed by atoms with van der Waals surface area (Å²) in [4.78, 5) is 4.05. The molecule has 0 bridgehead atoms. The maximum atomic E-state index is 12.6. The van der Waals surface area contributed by atoms with Crippen molar-refractivity contribution in [1.82, 2.24) is 4.98 Å². The van der Waals surface area contributed by atoms with Crippen molar-refractivity contribution in [1.29, 1.82) is 0 Å². The quantitative estimate of drug-likeness (QED) is 0.934. The average molecular weight is 282 g/mol. The Balaban J connectivity index is 2.30. The van der Waals surface area contributed by atoms with Gasteiger partial charge in [-0.1, -0.05) is 0 Å². The normalized spacial score (nSPS) is 11.4. The molecule has 3 nitrogen and oxygen atoms in total. The Morgan fingerprint density at radius 2 is 1.95 bits per heavy atom. The van der Waals surface area contributed by atoms with Gasteiger partial charge in [-0.05, 0) is 37.3 Å². The Morgan fingerprint density at radius 1 is 1.20 bits per heavy atom. The molecule has 0 fully saturated rings. The minimum atomic E-state index is -4.39. The molecule has 0 unspecified atom stereocenters. The van der Waals surface area contributed by atoms with Crippen LogP contribution in [0.5, 0.6) is 11.5 Å². The predicted octanol–water partition coefficient (Wildman–Crippen LogP) is 3.66. The number of benzene rings is 1. The number of hydrogen-bond donors (Lipinski definition) is 1. The first-order chi connectivity index (χ1) is 9.40. The van der Waals surface area contributed by atoms with Gasteiger partial charge in [-0.2, -0.15) is 13.2 Å². The first kappa shape index (κ1) is 14.3. The average Bonchev–Trinajstić information content (AvgIpc) is 2.40. The number of aromatic nitrogens is 1. The second-order valence-electron chi connectivity index (χ2n) is 4.26. The molecule has 0 saturated carbocycles. The highest BCUT2D eigenvalue weighted by Gasteiger charge is 2.31. The summed E-state index contributed by atoms with van der Waals surface area (Å²) in [6.45, 7) is 1.78. The van der Waals surface area contributed by atoms with Crippen molar-refractivity contribution in [2.24, 2.45) is 5.73 Å². The van der Waals surface area contributed by atoms with Crippen LogP contribution in [0.15, 0.2) is 36.5 Å². The third-order valence-electron chi connectivity index (χ3n) is 2.72. The highest BCUT2D eigenvalue weighted by molar-refractivity contribution is 5.41. The Kier molecular flexibility index (Phi) is 3.94. The van der Waals surface area contributed by atoms with E-state index >= 15 is 0 Å². The molecular formula is C14H13F3N2O. The fourth-order valence-electron chi connectivity index (χ4n) is 1.66. The molecule has 0 atom stereocenters. The van der Waals surface area contributed by atoms with E-state index in [1.165, 1.54) is 12.3 Å². The van der Waals surface area contributed by atoms with E-state index in [0.717, 1.165) is 17.8 Å². The molecule has 0 aliphatic rings. The van der Waals surface area contributed by atoms with E-state index in [0.29, 0.717) is 17.1 Å². The van der Waals surface area contributed by atoms with Gasteiger partial charge in [0.1, 0.15) is 11.5 Å². The van der Waals surface area contributed by atoms with Crippen LogP contribution in [0.1, 0.15) is 16.8 Å². The van der Waals surface area contributed by atoms with E-state index in [9.17, 15) is 13.2 Å². The molecule has 0 amide bonds. The number of aryl methyl sites for hydroxylation is 1. The summed E-state index contributed by atoms with van der Waals surface area (Å²) in [5.74, 6) is 0.746. The molecule has 0 spiro atoms. The molecule has 1 heterocycles. The van der Waals surface area contributed by atoms with Crippen molar-refractivity contribution in [3.05, 3.63) is 53.3 Å². The van der Waals surface area contributed by atoms with E-state index in [4.69, 9.17) is 10.5 Å². The molecule has 0 saturated heterocycles. The second kappa shape index (κ2) is 5.50. The maximum Gasteiger partial charge on any atom is 0.416 e. The van der Waals surface area contributed by atoms with Crippen LogP contribution in [0, 0.1) is 6.92 Å². The molecule has 2 N–H and O–H groups in total. The molecular weight excluding hydrogens is 269 g/mol. The lowest BCUT2D eigenvalue weighted by molar-refractivity contribution is -0.137. The summed E-state index contributed by atoms with van der Waals surface area (Å²) in [6, 6.07) is 6.68. The van der Waals surface area contributed by atoms with Gasteiger partial charge in [0.2, 0.25) is 0 Å². The van der Waals surface area contributed by atoms with E-state index < -0.39 is 11.7 Å². The number of pyridine rings is 1. The standard InChI is InChI=1S/C14H13F3N2O/c1-9-2-4-12(8-19-9)20-13-5-3-11(14(15,16)17)6-10(13)7-18/h2-6,8H,7,18H2,1H3. The maximum absolute atomic E-state index is 12.6. The first-order valence-corrected chi connectivity index (χ1v) is 5.91. The first-order valence-electron chi connectivity index (χ1n) is 5.91. The largest absolute Gasteiger partial charge is 0.455 e. The van der Waals surface area contributed by atoms with Crippen molar-refractivity contribution in [2.75, 3.05) is 0 Å². The van der Waals surface area contributed by atoms with Crippen LogP contribution in [0.2, 0.25) is 0 Å². The van der Waals surface area contributed by atoms with Crippen LogP contribution >= 0.6 is 0 Å². The highest BCUT2D eigenvalue weighted by Crippen LogP contribution is 2.33. The highest BCUT2D eigenvalue weighted by atomic mass is 19.4. The fraction of sp³-hybridized carbons (Fsp3) is 0.214. The van der Waals surface area contributed by atoms with Crippen molar-refractivity contribution < 1.29 is 17.9 Å². The van der Waals surface area contributed by atoms with Crippen LogP contribution in [0.25, 0.3) is 0 Å². The van der Waals surface area contributed by atoms with Crippen molar-refractivity contribution >= 4 is 0 Å². The number of alkyl halides is 3. The van der Waals surface area contributed by atoms with Gasteiger partial charge in [0.05, 0.1) is 11.8 Å². The molecule has 1 aromatic heterocycles. The molecule has 106 valence electrons. The molecule has 20 heavy (non-hydrogen) atoms. The summed E-state index contributed by atoms with van der Waals surface area (Å²) in [6.07, 6.45) is -2.89. The number of hydrogen-bond acceptors (Lipinski definition) is 3. The zero-order chi connectivity index (χ0) is 14.8. The van der Waals surface area contributed by atoms with E-state index in [2.05, 4.69) is 4.98 Å². The van der Waals surface area contributed by atoms with Crippen molar-refractivity contribution in [3.8, 4) is 11.5 Å². The Morgan fingerprint density at radius 3 is 2.50 bits per heavy atom. The summed E-state index contributed by atoms with van der Waals surface area (Å²) in [5, 5.41) is 0. The van der Waals surface area contributed by atoms with Crippen molar-refractivity contribution in [3.63, 3.8) is 0 Å². The second-order valence-corrected chi connectivity index (χ2v) is 4.26. The Bertz CT molecular complexity index is 594. The van der Waals surface area contributed by atoms with Crippen molar-refractivity contribution in [2.45, 2.75) is 19.6 Å². The van der Waals surface area contributed by atoms with E-state index in [1.54, 1.807) is 12.1 Å². The molecule has 1 aromatic carbocycles. The molecule has 6 heteroatoms. The molecule has 0 aliphatic heterocycles. The molecule has 0 radical (unpaired) electrons. The lowest BCUT2D eigenvalue weighted by Gasteiger charge is -2.13. The zero-order valence-electron chi connectivity index (χ0n) is 10.7. The number of nitrogens with zero attached hydrogens (tertiary/aromatic N) is 1. The summed E-state index contributed by atoms with van der Waals surface area (Å²) in [7, 11) is 0. The number of nitrogens with two attached hydrogens (primary N) is 1. The lowest BCUT2D eigenvalue weighted by atomic mass is 10.1. The predicted molar refractivity (Wildman–Crippen MR) is 68.4 cm³/mol. The summed E-state index contributed by atoms with van der Waals surface area (Å²) < 4.78 is 43.4. The lowest BCUT2D eigenvalue weighted by Crippen LogP contribution is -2.08. The zero-order valence-corrected chi connectivity index (χ0v) is 10.7. The topological polar surface area (TPSA) is 48.1 Å². The number of rotatable bonds is 3. The Labute approximate surface area is 114 Å². The van der Waals surface area contributed by atoms with E-state index in [-0.39, 0.29) is 6.54 Å².